The summed E-state index contributed by atoms with van der Waals surface area (Å²) in [6.45, 7) is 6.93. The second-order valence-electron chi connectivity index (χ2n) is 6.38. The average Bonchev–Trinajstić information content (AvgIpc) is 2.63. The summed E-state index contributed by atoms with van der Waals surface area (Å²) < 4.78 is 33.2. The van der Waals surface area contributed by atoms with Crippen molar-refractivity contribution >= 4 is 34.8 Å². The number of piperazine rings is 1. The molecule has 6 nitrogen and oxygen atoms in total. The Morgan fingerprint density at radius 2 is 1.71 bits per heavy atom. The SMILES string of the molecule is Cc1cccc(Oc2ccc(S(=O)(=O)NCCN3CCNCC3)cc2)c1.Cl.Cl. The Kier molecular flexibility index (Phi) is 10.2. The van der Waals surface area contributed by atoms with Gasteiger partial charge in [-0.1, -0.05) is 12.1 Å². The van der Waals surface area contributed by atoms with E-state index in [0.29, 0.717) is 12.3 Å². The van der Waals surface area contributed by atoms with Gasteiger partial charge in [0.15, 0.2) is 0 Å². The minimum Gasteiger partial charge on any atom is -0.457 e. The quantitative estimate of drug-likeness (QED) is 0.682. The summed E-state index contributed by atoms with van der Waals surface area (Å²) in [6.07, 6.45) is 0. The van der Waals surface area contributed by atoms with Gasteiger partial charge in [0.1, 0.15) is 11.5 Å². The summed E-state index contributed by atoms with van der Waals surface area (Å²) in [5, 5.41) is 3.28. The van der Waals surface area contributed by atoms with E-state index in [2.05, 4.69) is 14.9 Å². The molecule has 2 N–H and O–H groups in total. The van der Waals surface area contributed by atoms with Crippen molar-refractivity contribution in [3.63, 3.8) is 0 Å². The largest absolute Gasteiger partial charge is 0.457 e. The normalized spacial score (nSPS) is 14.6. The summed E-state index contributed by atoms with van der Waals surface area (Å²) in [4.78, 5) is 2.49. The van der Waals surface area contributed by atoms with Gasteiger partial charge >= 0.3 is 0 Å². The Labute approximate surface area is 179 Å². The first kappa shape index (κ1) is 24.7. The Morgan fingerprint density at radius 3 is 2.36 bits per heavy atom. The van der Waals surface area contributed by atoms with Gasteiger partial charge in [-0.25, -0.2) is 13.1 Å². The molecule has 1 fully saturated rings. The van der Waals surface area contributed by atoms with Crippen LogP contribution in [0, 0.1) is 6.92 Å². The minimum absolute atomic E-state index is 0. The Hall–Kier alpha value is -1.35. The van der Waals surface area contributed by atoms with Crippen LogP contribution in [0.5, 0.6) is 11.5 Å². The lowest BCUT2D eigenvalue weighted by atomic mass is 10.2. The van der Waals surface area contributed by atoms with E-state index in [0.717, 1.165) is 44.0 Å². The van der Waals surface area contributed by atoms with Gasteiger partial charge < -0.3 is 10.1 Å². The van der Waals surface area contributed by atoms with Crippen molar-refractivity contribution in [2.75, 3.05) is 39.3 Å². The number of rotatable bonds is 7. The predicted octanol–water partition coefficient (Wildman–Crippen LogP) is 2.81. The van der Waals surface area contributed by atoms with E-state index in [1.807, 2.05) is 31.2 Å². The molecule has 0 amide bonds. The van der Waals surface area contributed by atoms with Crippen LogP contribution in [-0.2, 0) is 10.0 Å². The van der Waals surface area contributed by atoms with E-state index < -0.39 is 10.0 Å². The fraction of sp³-hybridized carbons (Fsp3) is 0.368. The highest BCUT2D eigenvalue weighted by molar-refractivity contribution is 7.89. The molecule has 0 bridgehead atoms. The van der Waals surface area contributed by atoms with Crippen LogP contribution in [0.4, 0.5) is 0 Å². The molecule has 1 aliphatic heterocycles. The average molecular weight is 448 g/mol. The van der Waals surface area contributed by atoms with Crippen molar-refractivity contribution in [1.82, 2.24) is 14.9 Å². The first-order valence-corrected chi connectivity index (χ1v) is 10.3. The second kappa shape index (κ2) is 11.6. The highest BCUT2D eigenvalue weighted by Crippen LogP contribution is 2.23. The maximum absolute atomic E-state index is 12.4. The molecule has 0 atom stereocenters. The summed E-state index contributed by atoms with van der Waals surface area (Å²) in [5.41, 5.74) is 1.11. The number of hydrogen-bond acceptors (Lipinski definition) is 5. The van der Waals surface area contributed by atoms with Crippen LogP contribution in [-0.4, -0.2) is 52.6 Å². The molecule has 0 aliphatic carbocycles. The topological polar surface area (TPSA) is 70.7 Å². The van der Waals surface area contributed by atoms with E-state index in [-0.39, 0.29) is 29.7 Å². The Bertz CT molecular complexity index is 827. The van der Waals surface area contributed by atoms with Crippen LogP contribution >= 0.6 is 24.8 Å². The van der Waals surface area contributed by atoms with E-state index in [1.54, 1.807) is 24.3 Å². The van der Waals surface area contributed by atoms with Gasteiger partial charge in [0.25, 0.3) is 0 Å². The van der Waals surface area contributed by atoms with Gasteiger partial charge in [-0.05, 0) is 48.9 Å². The molecular formula is C19H27Cl2N3O3S. The summed E-state index contributed by atoms with van der Waals surface area (Å²) in [5.74, 6) is 1.34. The van der Waals surface area contributed by atoms with Gasteiger partial charge in [0, 0.05) is 39.3 Å². The molecule has 1 saturated heterocycles. The van der Waals surface area contributed by atoms with Crippen LogP contribution in [0.15, 0.2) is 53.4 Å². The molecule has 3 rings (SSSR count). The minimum atomic E-state index is -3.51. The standard InChI is InChI=1S/C19H25N3O3S.2ClH/c1-16-3-2-4-18(15-16)25-17-5-7-19(8-6-17)26(23,24)21-11-14-22-12-9-20-10-13-22;;/h2-8,15,20-21H,9-14H2,1H3;2*1H. The van der Waals surface area contributed by atoms with Crippen molar-refractivity contribution in [1.29, 1.82) is 0 Å². The van der Waals surface area contributed by atoms with Crippen LogP contribution in [0.3, 0.4) is 0 Å². The van der Waals surface area contributed by atoms with E-state index in [1.165, 1.54) is 0 Å². The molecule has 9 heteroatoms. The number of hydrogen-bond donors (Lipinski definition) is 2. The lowest BCUT2D eigenvalue weighted by molar-refractivity contribution is 0.245. The summed E-state index contributed by atoms with van der Waals surface area (Å²) >= 11 is 0. The number of ether oxygens (including phenoxy) is 1. The van der Waals surface area contributed by atoms with Crippen LogP contribution in [0.2, 0.25) is 0 Å². The van der Waals surface area contributed by atoms with Crippen molar-refractivity contribution in [2.45, 2.75) is 11.8 Å². The van der Waals surface area contributed by atoms with Crippen LogP contribution in [0.1, 0.15) is 5.56 Å². The van der Waals surface area contributed by atoms with Gasteiger partial charge in [0.2, 0.25) is 10.0 Å². The van der Waals surface area contributed by atoms with Gasteiger partial charge in [0.05, 0.1) is 4.90 Å². The lowest BCUT2D eigenvalue weighted by Gasteiger charge is -2.27. The predicted molar refractivity (Wildman–Crippen MR) is 117 cm³/mol. The van der Waals surface area contributed by atoms with E-state index >= 15 is 0 Å². The van der Waals surface area contributed by atoms with Crippen molar-refractivity contribution in [3.05, 3.63) is 54.1 Å². The number of halogens is 2. The monoisotopic (exact) mass is 447 g/mol. The first-order chi connectivity index (χ1) is 12.5. The summed E-state index contributed by atoms with van der Waals surface area (Å²) in [6, 6.07) is 14.2. The zero-order valence-electron chi connectivity index (χ0n) is 15.8. The number of sulfonamides is 1. The maximum Gasteiger partial charge on any atom is 0.240 e. The molecule has 28 heavy (non-hydrogen) atoms. The molecular weight excluding hydrogens is 421 g/mol. The lowest BCUT2D eigenvalue weighted by Crippen LogP contribution is -2.46. The molecule has 0 radical (unpaired) electrons. The molecule has 0 spiro atoms. The van der Waals surface area contributed by atoms with E-state index in [9.17, 15) is 8.42 Å². The third-order valence-electron chi connectivity index (χ3n) is 4.29. The molecule has 2 aromatic carbocycles. The van der Waals surface area contributed by atoms with Crippen molar-refractivity contribution < 1.29 is 13.2 Å². The molecule has 0 unspecified atom stereocenters. The molecule has 1 aliphatic rings. The Morgan fingerprint density at radius 1 is 1.04 bits per heavy atom. The second-order valence-corrected chi connectivity index (χ2v) is 8.15. The third-order valence-corrected chi connectivity index (χ3v) is 5.77. The maximum atomic E-state index is 12.4. The number of benzene rings is 2. The molecule has 156 valence electrons. The number of nitrogens with zero attached hydrogens (tertiary/aromatic N) is 1. The van der Waals surface area contributed by atoms with E-state index in [4.69, 9.17) is 4.74 Å². The highest BCUT2D eigenvalue weighted by Gasteiger charge is 2.15. The van der Waals surface area contributed by atoms with Crippen LogP contribution < -0.4 is 14.8 Å². The van der Waals surface area contributed by atoms with Gasteiger partial charge in [-0.15, -0.1) is 24.8 Å². The molecule has 0 aromatic heterocycles. The number of aryl methyl sites for hydroxylation is 1. The van der Waals surface area contributed by atoms with Crippen molar-refractivity contribution in [2.24, 2.45) is 0 Å². The zero-order valence-corrected chi connectivity index (χ0v) is 18.2. The third kappa shape index (κ3) is 7.24. The Balaban J connectivity index is 0.00000196. The molecule has 2 aromatic rings. The van der Waals surface area contributed by atoms with Gasteiger partial charge in [-0.3, -0.25) is 4.90 Å². The highest BCUT2D eigenvalue weighted by atomic mass is 35.5. The zero-order chi connectivity index (χ0) is 18.4. The smallest absolute Gasteiger partial charge is 0.240 e. The first-order valence-electron chi connectivity index (χ1n) is 8.80. The van der Waals surface area contributed by atoms with Crippen molar-refractivity contribution in [3.8, 4) is 11.5 Å². The molecule has 0 saturated carbocycles. The summed E-state index contributed by atoms with van der Waals surface area (Å²) in [7, 11) is -3.51. The number of nitrogens with one attached hydrogen (secondary N) is 2. The van der Waals surface area contributed by atoms with Crippen LogP contribution in [0.25, 0.3) is 0 Å². The fourth-order valence-electron chi connectivity index (χ4n) is 2.86. The van der Waals surface area contributed by atoms with Gasteiger partial charge in [-0.2, -0.15) is 0 Å². The fourth-order valence-corrected chi connectivity index (χ4v) is 3.88. The molecule has 1 heterocycles.